The molecule has 0 aromatic carbocycles. The fourth-order valence-electron chi connectivity index (χ4n) is 1.29. The fraction of sp³-hybridized carbons (Fsp3) is 0.636. The molecule has 1 rings (SSSR count). The van der Waals surface area contributed by atoms with Crippen LogP contribution in [0, 0.1) is 0 Å². The minimum Gasteiger partial charge on any atom is -0.347 e. The van der Waals surface area contributed by atoms with Crippen molar-refractivity contribution < 1.29 is 4.79 Å². The fourth-order valence-corrected chi connectivity index (χ4v) is 1.29. The van der Waals surface area contributed by atoms with Crippen molar-refractivity contribution in [2.75, 3.05) is 6.54 Å². The quantitative estimate of drug-likeness (QED) is 0.674. The third kappa shape index (κ3) is 4.02. The number of hydrogen-bond donors (Lipinski definition) is 3. The van der Waals surface area contributed by atoms with Gasteiger partial charge in [0.05, 0.1) is 12.6 Å². The van der Waals surface area contributed by atoms with Crippen LogP contribution in [-0.2, 0) is 4.79 Å². The molecule has 0 spiro atoms. The predicted octanol–water partition coefficient (Wildman–Crippen LogP) is 0.975. The molecule has 16 heavy (non-hydrogen) atoms. The van der Waals surface area contributed by atoms with Crippen LogP contribution >= 0.6 is 0 Å². The number of aromatic nitrogens is 2. The van der Waals surface area contributed by atoms with Gasteiger partial charge in [-0.2, -0.15) is 0 Å². The van der Waals surface area contributed by atoms with Gasteiger partial charge in [0.25, 0.3) is 0 Å². The molecule has 0 saturated heterocycles. The molecule has 1 aromatic rings. The molecule has 1 heterocycles. The summed E-state index contributed by atoms with van der Waals surface area (Å²) in [4.78, 5) is 18.6. The normalized spacial score (nSPS) is 14.4. The second kappa shape index (κ2) is 6.27. The molecule has 0 aliphatic heterocycles. The molecule has 0 saturated carbocycles. The number of imidazole rings is 1. The van der Waals surface area contributed by atoms with Crippen LogP contribution in [0.25, 0.3) is 0 Å². The van der Waals surface area contributed by atoms with E-state index in [9.17, 15) is 4.79 Å². The van der Waals surface area contributed by atoms with Gasteiger partial charge in [0.2, 0.25) is 5.91 Å². The largest absolute Gasteiger partial charge is 0.347 e. The van der Waals surface area contributed by atoms with Crippen molar-refractivity contribution in [3.63, 3.8) is 0 Å². The maximum Gasteiger partial charge on any atom is 0.234 e. The van der Waals surface area contributed by atoms with E-state index in [4.69, 9.17) is 0 Å². The van der Waals surface area contributed by atoms with Gasteiger partial charge in [0.15, 0.2) is 0 Å². The lowest BCUT2D eigenvalue weighted by atomic mass is 10.2. The van der Waals surface area contributed by atoms with Crippen LogP contribution < -0.4 is 10.6 Å². The third-order valence-electron chi connectivity index (χ3n) is 2.53. The Bertz CT molecular complexity index is 310. The Kier molecular flexibility index (Phi) is 4.98. The van der Waals surface area contributed by atoms with E-state index >= 15 is 0 Å². The molecule has 0 aliphatic carbocycles. The van der Waals surface area contributed by atoms with E-state index in [1.807, 2.05) is 6.92 Å². The number of nitrogens with zero attached hydrogens (tertiary/aromatic N) is 1. The Morgan fingerprint density at radius 2 is 2.31 bits per heavy atom. The zero-order chi connectivity index (χ0) is 12.0. The van der Waals surface area contributed by atoms with Crippen molar-refractivity contribution in [1.82, 2.24) is 20.6 Å². The first kappa shape index (κ1) is 12.7. The molecule has 1 amide bonds. The molecular weight excluding hydrogens is 204 g/mol. The van der Waals surface area contributed by atoms with Crippen LogP contribution in [0.2, 0.25) is 0 Å². The summed E-state index contributed by atoms with van der Waals surface area (Å²) >= 11 is 0. The molecule has 2 atom stereocenters. The number of H-pyrrole nitrogens is 1. The van der Waals surface area contributed by atoms with E-state index in [1.165, 1.54) is 0 Å². The van der Waals surface area contributed by atoms with E-state index < -0.39 is 0 Å². The van der Waals surface area contributed by atoms with Gasteiger partial charge in [-0.1, -0.05) is 6.92 Å². The minimum absolute atomic E-state index is 0.01000. The Balaban J connectivity index is 2.29. The Labute approximate surface area is 96.0 Å². The van der Waals surface area contributed by atoms with Gasteiger partial charge in [0, 0.05) is 18.4 Å². The van der Waals surface area contributed by atoms with Crippen molar-refractivity contribution in [3.05, 3.63) is 18.2 Å². The van der Waals surface area contributed by atoms with Crippen LogP contribution in [0.3, 0.4) is 0 Å². The van der Waals surface area contributed by atoms with E-state index in [2.05, 4.69) is 34.4 Å². The summed E-state index contributed by atoms with van der Waals surface area (Å²) in [5.74, 6) is 0.765. The lowest BCUT2D eigenvalue weighted by molar-refractivity contribution is -0.121. The molecule has 2 unspecified atom stereocenters. The van der Waals surface area contributed by atoms with Gasteiger partial charge >= 0.3 is 0 Å². The van der Waals surface area contributed by atoms with Crippen LogP contribution in [0.4, 0.5) is 0 Å². The minimum atomic E-state index is -0.0822. The molecule has 5 heteroatoms. The zero-order valence-electron chi connectivity index (χ0n) is 10.1. The number of amides is 1. The summed E-state index contributed by atoms with van der Waals surface area (Å²) in [6, 6.07) is 0.283. The molecule has 90 valence electrons. The highest BCUT2D eigenvalue weighted by Gasteiger charge is 2.11. The lowest BCUT2D eigenvalue weighted by Gasteiger charge is -2.14. The first-order valence-corrected chi connectivity index (χ1v) is 5.65. The molecule has 5 nitrogen and oxygen atoms in total. The summed E-state index contributed by atoms with van der Waals surface area (Å²) in [6.07, 6.45) is 4.44. The van der Waals surface area contributed by atoms with Crippen molar-refractivity contribution in [3.8, 4) is 0 Å². The first-order valence-electron chi connectivity index (χ1n) is 5.65. The smallest absolute Gasteiger partial charge is 0.234 e. The Hall–Kier alpha value is -1.36. The molecule has 3 N–H and O–H groups in total. The summed E-state index contributed by atoms with van der Waals surface area (Å²) in [7, 11) is 0. The van der Waals surface area contributed by atoms with Gasteiger partial charge < -0.3 is 15.6 Å². The van der Waals surface area contributed by atoms with Gasteiger partial charge in [-0.25, -0.2) is 4.98 Å². The number of carbonyl (C=O) groups is 1. The second-order valence-electron chi connectivity index (χ2n) is 3.95. The second-order valence-corrected chi connectivity index (χ2v) is 3.95. The molecular formula is C11H20N4O. The molecule has 0 fully saturated rings. The van der Waals surface area contributed by atoms with E-state index in [1.54, 1.807) is 12.4 Å². The predicted molar refractivity (Wildman–Crippen MR) is 62.9 cm³/mol. The van der Waals surface area contributed by atoms with Crippen molar-refractivity contribution in [2.24, 2.45) is 0 Å². The molecule has 1 aromatic heterocycles. The van der Waals surface area contributed by atoms with Crippen molar-refractivity contribution in [1.29, 1.82) is 0 Å². The van der Waals surface area contributed by atoms with Gasteiger partial charge in [-0.15, -0.1) is 0 Å². The van der Waals surface area contributed by atoms with E-state index in [0.717, 1.165) is 12.2 Å². The van der Waals surface area contributed by atoms with Crippen LogP contribution in [0.5, 0.6) is 0 Å². The Morgan fingerprint density at radius 1 is 1.56 bits per heavy atom. The first-order chi connectivity index (χ1) is 7.63. The number of rotatable bonds is 6. The monoisotopic (exact) mass is 224 g/mol. The van der Waals surface area contributed by atoms with Crippen LogP contribution in [0.15, 0.2) is 12.4 Å². The van der Waals surface area contributed by atoms with E-state index in [0.29, 0.717) is 12.6 Å². The highest BCUT2D eigenvalue weighted by molar-refractivity contribution is 5.78. The van der Waals surface area contributed by atoms with Crippen molar-refractivity contribution >= 4 is 5.91 Å². The maximum absolute atomic E-state index is 11.6. The lowest BCUT2D eigenvalue weighted by Crippen LogP contribution is -2.38. The Morgan fingerprint density at radius 3 is 2.88 bits per heavy atom. The summed E-state index contributed by atoms with van der Waals surface area (Å²) in [5, 5.41) is 6.01. The summed E-state index contributed by atoms with van der Waals surface area (Å²) in [6.45, 7) is 6.39. The molecule has 0 aliphatic rings. The highest BCUT2D eigenvalue weighted by atomic mass is 16.2. The highest BCUT2D eigenvalue weighted by Crippen LogP contribution is 2.04. The van der Waals surface area contributed by atoms with Crippen LogP contribution in [-0.4, -0.2) is 28.5 Å². The number of aromatic amines is 1. The number of hydrogen-bond acceptors (Lipinski definition) is 3. The van der Waals surface area contributed by atoms with Crippen molar-refractivity contribution in [2.45, 2.75) is 39.3 Å². The average Bonchev–Trinajstić information content (AvgIpc) is 2.79. The SMILES string of the molecule is CCC(C)NCC(=O)NC(C)c1ncc[nH]1. The standard InChI is InChI=1S/C11H20N4O/c1-4-8(2)14-7-10(16)15-9(3)11-12-5-6-13-11/h5-6,8-9,14H,4,7H2,1-3H3,(H,12,13)(H,15,16). The summed E-state index contributed by atoms with van der Waals surface area (Å²) in [5.41, 5.74) is 0. The van der Waals surface area contributed by atoms with Gasteiger partial charge in [0.1, 0.15) is 5.82 Å². The zero-order valence-corrected chi connectivity index (χ0v) is 10.1. The van der Waals surface area contributed by atoms with Gasteiger partial charge in [-0.05, 0) is 20.3 Å². The topological polar surface area (TPSA) is 69.8 Å². The van der Waals surface area contributed by atoms with Crippen LogP contribution in [0.1, 0.15) is 39.1 Å². The number of nitrogens with one attached hydrogen (secondary N) is 3. The van der Waals surface area contributed by atoms with E-state index in [-0.39, 0.29) is 11.9 Å². The number of carbonyl (C=O) groups excluding carboxylic acids is 1. The third-order valence-corrected chi connectivity index (χ3v) is 2.53. The van der Waals surface area contributed by atoms with Gasteiger partial charge in [-0.3, -0.25) is 4.79 Å². The summed E-state index contributed by atoms with van der Waals surface area (Å²) < 4.78 is 0. The molecule has 0 radical (unpaired) electrons. The molecule has 0 bridgehead atoms. The average molecular weight is 224 g/mol. The maximum atomic E-state index is 11.6.